The van der Waals surface area contributed by atoms with Gasteiger partial charge in [-0.25, -0.2) is 0 Å². The van der Waals surface area contributed by atoms with E-state index >= 15 is 0 Å². The Morgan fingerprint density at radius 1 is 1.07 bits per heavy atom. The number of hydrogen-bond acceptors (Lipinski definition) is 7. The van der Waals surface area contributed by atoms with Crippen LogP contribution in [0.25, 0.3) is 0 Å². The molecule has 0 radical (unpaired) electrons. The van der Waals surface area contributed by atoms with Gasteiger partial charge in [-0.3, -0.25) is 9.59 Å². The number of nitrogens with one attached hydrogen (secondary N) is 1. The number of benzene rings is 1. The second-order valence-electron chi connectivity index (χ2n) is 6.60. The van der Waals surface area contributed by atoms with Crippen molar-refractivity contribution >= 4 is 18.1 Å². The minimum Gasteiger partial charge on any atom is -0.493 e. The van der Waals surface area contributed by atoms with Gasteiger partial charge in [0, 0.05) is 32.7 Å². The van der Waals surface area contributed by atoms with Crippen molar-refractivity contribution in [2.75, 3.05) is 51.8 Å². The molecule has 1 saturated heterocycles. The van der Waals surface area contributed by atoms with E-state index in [-0.39, 0.29) is 11.6 Å². The van der Waals surface area contributed by atoms with E-state index in [2.05, 4.69) is 15.5 Å². The van der Waals surface area contributed by atoms with Crippen LogP contribution >= 0.6 is 0 Å². The van der Waals surface area contributed by atoms with Crippen molar-refractivity contribution in [2.24, 2.45) is 0 Å². The lowest BCUT2D eigenvalue weighted by Gasteiger charge is -2.32. The minimum atomic E-state index is -0.268. The van der Waals surface area contributed by atoms with Crippen molar-refractivity contribution in [3.8, 4) is 11.5 Å². The van der Waals surface area contributed by atoms with Crippen LogP contribution in [0.2, 0.25) is 0 Å². The van der Waals surface area contributed by atoms with Gasteiger partial charge in [0.2, 0.25) is 6.41 Å². The lowest BCUT2D eigenvalue weighted by atomic mass is 10.1. The molecule has 2 amide bonds. The van der Waals surface area contributed by atoms with Crippen LogP contribution in [-0.4, -0.2) is 74.4 Å². The van der Waals surface area contributed by atoms with Crippen LogP contribution in [0.1, 0.15) is 16.1 Å². The van der Waals surface area contributed by atoms with Gasteiger partial charge in [0.15, 0.2) is 23.0 Å². The summed E-state index contributed by atoms with van der Waals surface area (Å²) in [5.74, 6) is 1.77. The molecule has 1 aliphatic rings. The molecular formula is C20H25N5O4. The monoisotopic (exact) mass is 399 g/mol. The van der Waals surface area contributed by atoms with Crippen LogP contribution in [0.15, 0.2) is 30.3 Å². The number of nitrogens with zero attached hydrogens (tertiary/aromatic N) is 4. The lowest BCUT2D eigenvalue weighted by Crippen LogP contribution is -2.46. The van der Waals surface area contributed by atoms with E-state index < -0.39 is 0 Å². The number of rotatable bonds is 8. The Bertz CT molecular complexity index is 835. The van der Waals surface area contributed by atoms with E-state index in [0.29, 0.717) is 56.5 Å². The number of ether oxygens (including phenoxy) is 2. The second kappa shape index (κ2) is 9.72. The maximum Gasteiger partial charge on any atom is 0.271 e. The third-order valence-corrected chi connectivity index (χ3v) is 4.82. The molecule has 1 N–H and O–H groups in total. The number of amides is 2. The minimum absolute atomic E-state index is 0.268. The van der Waals surface area contributed by atoms with Gasteiger partial charge < -0.3 is 24.6 Å². The first-order valence-electron chi connectivity index (χ1n) is 9.41. The second-order valence-corrected chi connectivity index (χ2v) is 6.60. The van der Waals surface area contributed by atoms with Gasteiger partial charge in [0.25, 0.3) is 5.91 Å². The number of methoxy groups -OCH3 is 2. The Balaban J connectivity index is 1.50. The van der Waals surface area contributed by atoms with Crippen molar-refractivity contribution in [3.05, 3.63) is 41.6 Å². The summed E-state index contributed by atoms with van der Waals surface area (Å²) in [6.07, 6.45) is 1.51. The third kappa shape index (κ3) is 5.13. The van der Waals surface area contributed by atoms with Gasteiger partial charge in [-0.15, -0.1) is 10.2 Å². The number of carbonyl (C=O) groups is 2. The fourth-order valence-electron chi connectivity index (χ4n) is 3.12. The van der Waals surface area contributed by atoms with Crippen molar-refractivity contribution in [3.63, 3.8) is 0 Å². The molecule has 0 aliphatic carbocycles. The van der Waals surface area contributed by atoms with Crippen LogP contribution < -0.4 is 19.7 Å². The molecular weight excluding hydrogens is 374 g/mol. The molecule has 1 aliphatic heterocycles. The zero-order valence-corrected chi connectivity index (χ0v) is 16.6. The van der Waals surface area contributed by atoms with Crippen LogP contribution in [0.4, 0.5) is 5.82 Å². The van der Waals surface area contributed by atoms with Gasteiger partial charge in [-0.1, -0.05) is 6.07 Å². The van der Waals surface area contributed by atoms with Crippen LogP contribution in [-0.2, 0) is 11.2 Å². The first-order valence-corrected chi connectivity index (χ1v) is 9.41. The van der Waals surface area contributed by atoms with Crippen molar-refractivity contribution in [1.29, 1.82) is 0 Å². The van der Waals surface area contributed by atoms with Crippen LogP contribution in [0.3, 0.4) is 0 Å². The molecule has 1 fully saturated rings. The molecule has 9 nitrogen and oxygen atoms in total. The molecule has 0 unspecified atom stereocenters. The topological polar surface area (TPSA) is 96.9 Å². The number of piperazine rings is 1. The summed E-state index contributed by atoms with van der Waals surface area (Å²) < 4.78 is 10.5. The Hall–Kier alpha value is -3.36. The maximum absolute atomic E-state index is 12.3. The van der Waals surface area contributed by atoms with Crippen molar-refractivity contribution < 1.29 is 19.1 Å². The highest BCUT2D eigenvalue weighted by atomic mass is 16.5. The van der Waals surface area contributed by atoms with Crippen molar-refractivity contribution in [1.82, 2.24) is 20.4 Å². The Kier molecular flexibility index (Phi) is 6.83. The lowest BCUT2D eigenvalue weighted by molar-refractivity contribution is -0.118. The fraction of sp³-hybridized carbons (Fsp3) is 0.400. The average Bonchev–Trinajstić information content (AvgIpc) is 2.79. The van der Waals surface area contributed by atoms with Crippen molar-refractivity contribution in [2.45, 2.75) is 6.42 Å². The van der Waals surface area contributed by atoms with Gasteiger partial charge in [-0.05, 0) is 36.2 Å². The molecule has 3 rings (SSSR count). The molecule has 2 heterocycles. The van der Waals surface area contributed by atoms with E-state index in [1.165, 1.54) is 0 Å². The quantitative estimate of drug-likeness (QED) is 0.654. The maximum atomic E-state index is 12.3. The summed E-state index contributed by atoms with van der Waals surface area (Å²) in [6, 6.07) is 9.12. The summed E-state index contributed by atoms with van der Waals surface area (Å²) in [5.41, 5.74) is 1.30. The van der Waals surface area contributed by atoms with Crippen LogP contribution in [0, 0.1) is 0 Å². The first-order chi connectivity index (χ1) is 14.1. The Labute approximate surface area is 169 Å². The number of aromatic nitrogens is 2. The molecule has 0 bridgehead atoms. The summed E-state index contributed by atoms with van der Waals surface area (Å²) in [4.78, 5) is 26.9. The van der Waals surface area contributed by atoms with Crippen LogP contribution in [0.5, 0.6) is 11.5 Å². The average molecular weight is 399 g/mol. The van der Waals surface area contributed by atoms with Gasteiger partial charge in [0.05, 0.1) is 14.2 Å². The molecule has 0 atom stereocenters. The molecule has 1 aromatic carbocycles. The fourth-order valence-corrected chi connectivity index (χ4v) is 3.12. The predicted octanol–water partition coefficient (Wildman–Crippen LogP) is 0.745. The summed E-state index contributed by atoms with van der Waals surface area (Å²) in [6.45, 7) is 3.17. The summed E-state index contributed by atoms with van der Waals surface area (Å²) in [5, 5.41) is 11.1. The normalized spacial score (nSPS) is 13.7. The van der Waals surface area contributed by atoms with E-state index in [1.54, 1.807) is 31.3 Å². The number of hydrogen-bond donors (Lipinski definition) is 1. The van der Waals surface area contributed by atoms with E-state index in [9.17, 15) is 9.59 Å². The molecule has 0 spiro atoms. The third-order valence-electron chi connectivity index (χ3n) is 4.82. The highest BCUT2D eigenvalue weighted by Crippen LogP contribution is 2.27. The molecule has 154 valence electrons. The number of anilines is 1. The molecule has 2 aromatic rings. The SMILES string of the molecule is COc1ccc(CCNC(=O)c2ccc(N3CCN(C=O)CC3)nn2)cc1OC. The van der Waals surface area contributed by atoms with Gasteiger partial charge in [0.1, 0.15) is 0 Å². The first kappa shape index (κ1) is 20.4. The standard InChI is InChI=1S/C20H25N5O4/c1-28-17-5-3-15(13-18(17)29-2)7-8-21-20(27)16-4-6-19(23-22-16)25-11-9-24(14-26)10-12-25/h3-6,13-14H,7-12H2,1-2H3,(H,21,27). The highest BCUT2D eigenvalue weighted by molar-refractivity contribution is 5.92. The zero-order chi connectivity index (χ0) is 20.6. The molecule has 0 saturated carbocycles. The molecule has 29 heavy (non-hydrogen) atoms. The predicted molar refractivity (Wildman–Crippen MR) is 107 cm³/mol. The Morgan fingerprint density at radius 2 is 1.83 bits per heavy atom. The number of carbonyl (C=O) groups excluding carboxylic acids is 2. The Morgan fingerprint density at radius 3 is 2.45 bits per heavy atom. The van der Waals surface area contributed by atoms with Gasteiger partial charge in [-0.2, -0.15) is 0 Å². The van der Waals surface area contributed by atoms with E-state index in [0.717, 1.165) is 12.0 Å². The van der Waals surface area contributed by atoms with E-state index in [1.807, 2.05) is 23.1 Å². The summed E-state index contributed by atoms with van der Waals surface area (Å²) in [7, 11) is 3.18. The smallest absolute Gasteiger partial charge is 0.271 e. The molecule has 9 heteroatoms. The highest BCUT2D eigenvalue weighted by Gasteiger charge is 2.17. The van der Waals surface area contributed by atoms with Gasteiger partial charge >= 0.3 is 0 Å². The summed E-state index contributed by atoms with van der Waals surface area (Å²) >= 11 is 0. The largest absolute Gasteiger partial charge is 0.493 e. The van der Waals surface area contributed by atoms with E-state index in [4.69, 9.17) is 9.47 Å². The zero-order valence-electron chi connectivity index (χ0n) is 16.6. The molecule has 1 aromatic heterocycles.